The molecule has 0 aliphatic carbocycles. The van der Waals surface area contributed by atoms with E-state index < -0.39 is 6.09 Å². The molecule has 7 heteroatoms. The summed E-state index contributed by atoms with van der Waals surface area (Å²) in [4.78, 5) is 24.6. The first kappa shape index (κ1) is 19.7. The van der Waals surface area contributed by atoms with Gasteiger partial charge in [0, 0.05) is 23.8 Å². The number of hydrogen-bond donors (Lipinski definition) is 3. The summed E-state index contributed by atoms with van der Waals surface area (Å²) in [6, 6.07) is 9.74. The number of carbonyl (C=O) groups excluding carboxylic acids is 1. The molecule has 0 spiro atoms. The van der Waals surface area contributed by atoms with E-state index in [-0.39, 0.29) is 12.1 Å². The lowest BCUT2D eigenvalue weighted by Gasteiger charge is -2.17. The van der Waals surface area contributed by atoms with Crippen LogP contribution in [0.25, 0.3) is 22.4 Å². The monoisotopic (exact) mass is 381 g/mol. The van der Waals surface area contributed by atoms with Crippen LogP contribution in [0.15, 0.2) is 30.3 Å². The van der Waals surface area contributed by atoms with Crippen LogP contribution in [0, 0.1) is 13.8 Å². The molecule has 0 saturated heterocycles. The van der Waals surface area contributed by atoms with Gasteiger partial charge in [-0.25, -0.2) is 14.8 Å². The van der Waals surface area contributed by atoms with E-state index in [2.05, 4.69) is 15.6 Å². The van der Waals surface area contributed by atoms with Gasteiger partial charge in [-0.1, -0.05) is 30.3 Å². The highest BCUT2D eigenvalue weighted by atomic mass is 16.6. The van der Waals surface area contributed by atoms with Gasteiger partial charge >= 0.3 is 6.09 Å². The van der Waals surface area contributed by atoms with Crippen molar-refractivity contribution < 1.29 is 9.53 Å². The Kier molecular flexibility index (Phi) is 5.82. The van der Waals surface area contributed by atoms with Gasteiger partial charge in [0.2, 0.25) is 0 Å². The van der Waals surface area contributed by atoms with Crippen molar-refractivity contribution in [2.75, 3.05) is 11.9 Å². The fraction of sp³-hybridized carbons (Fsp3) is 0.381. The number of nitrogens with zero attached hydrogens (tertiary/aromatic N) is 2. The molecule has 28 heavy (non-hydrogen) atoms. The average Bonchev–Trinajstić information content (AvgIpc) is 2.93. The van der Waals surface area contributed by atoms with Crippen LogP contribution < -0.4 is 10.6 Å². The molecule has 0 radical (unpaired) electrons. The van der Waals surface area contributed by atoms with Gasteiger partial charge in [-0.05, 0) is 40.2 Å². The second kappa shape index (κ2) is 8.29. The number of anilines is 1. The Morgan fingerprint density at radius 1 is 1.14 bits per heavy atom. The van der Waals surface area contributed by atoms with Crippen LogP contribution >= 0.6 is 0 Å². The van der Waals surface area contributed by atoms with Crippen molar-refractivity contribution in [2.45, 2.75) is 46.8 Å². The maximum absolute atomic E-state index is 11.8. The Bertz CT molecular complexity index is 966. The van der Waals surface area contributed by atoms with Gasteiger partial charge in [-0.3, -0.25) is 0 Å². The van der Waals surface area contributed by atoms with E-state index in [4.69, 9.17) is 14.7 Å². The summed E-state index contributed by atoms with van der Waals surface area (Å²) >= 11 is 0. The standard InChI is InChI=1S/C21H27N5O2/c1-12(2)28-21(27)23-13(3)11-22-19-17-14(4)15(5)24-20(17)26-18(25-19)16-9-7-6-8-10-16/h6-10,12-13H,11H2,1-5H3,(H,23,27)(H2,22,24,25,26). The molecule has 1 aromatic carbocycles. The predicted octanol–water partition coefficient (Wildman–Crippen LogP) is 4.18. The quantitative estimate of drug-likeness (QED) is 0.596. The van der Waals surface area contributed by atoms with E-state index in [1.165, 1.54) is 0 Å². The van der Waals surface area contributed by atoms with Crippen molar-refractivity contribution in [1.82, 2.24) is 20.3 Å². The minimum atomic E-state index is -0.421. The number of nitrogens with one attached hydrogen (secondary N) is 3. The molecule has 0 aliphatic rings. The highest BCUT2D eigenvalue weighted by Crippen LogP contribution is 2.29. The first-order chi connectivity index (χ1) is 13.3. The molecule has 0 saturated carbocycles. The molecule has 148 valence electrons. The summed E-state index contributed by atoms with van der Waals surface area (Å²) in [5.74, 6) is 1.40. The zero-order valence-corrected chi connectivity index (χ0v) is 17.0. The summed E-state index contributed by atoms with van der Waals surface area (Å²) in [7, 11) is 0. The molecule has 1 atom stereocenters. The van der Waals surface area contributed by atoms with Gasteiger partial charge in [0.05, 0.1) is 11.5 Å². The van der Waals surface area contributed by atoms with Gasteiger partial charge in [0.1, 0.15) is 11.5 Å². The highest BCUT2D eigenvalue weighted by molar-refractivity contribution is 5.92. The molecule has 3 rings (SSSR count). The van der Waals surface area contributed by atoms with Gasteiger partial charge in [0.25, 0.3) is 0 Å². The number of alkyl carbamates (subject to hydrolysis) is 1. The predicted molar refractivity (Wildman–Crippen MR) is 112 cm³/mol. The van der Waals surface area contributed by atoms with Gasteiger partial charge < -0.3 is 20.4 Å². The third-order valence-electron chi connectivity index (χ3n) is 4.47. The summed E-state index contributed by atoms with van der Waals surface area (Å²) in [6.07, 6.45) is -0.573. The maximum Gasteiger partial charge on any atom is 0.407 e. The molecule has 1 unspecified atom stereocenters. The van der Waals surface area contributed by atoms with Crippen LogP contribution in [-0.2, 0) is 4.74 Å². The third kappa shape index (κ3) is 4.42. The molecule has 0 fully saturated rings. The van der Waals surface area contributed by atoms with Crippen LogP contribution in [0.5, 0.6) is 0 Å². The lowest BCUT2D eigenvalue weighted by molar-refractivity contribution is 0.113. The Hall–Kier alpha value is -3.09. The van der Waals surface area contributed by atoms with Gasteiger partial charge in [-0.2, -0.15) is 0 Å². The Balaban J connectivity index is 1.86. The average molecular weight is 381 g/mol. The lowest BCUT2D eigenvalue weighted by atomic mass is 10.2. The largest absolute Gasteiger partial charge is 0.447 e. The summed E-state index contributed by atoms with van der Waals surface area (Å²) < 4.78 is 5.13. The Morgan fingerprint density at radius 3 is 2.54 bits per heavy atom. The van der Waals surface area contributed by atoms with E-state index in [1.54, 1.807) is 0 Å². The molecule has 7 nitrogen and oxygen atoms in total. The molecular weight excluding hydrogens is 354 g/mol. The molecular formula is C21H27N5O2. The molecule has 1 amide bonds. The van der Waals surface area contributed by atoms with Crippen molar-refractivity contribution in [3.8, 4) is 11.4 Å². The Morgan fingerprint density at radius 2 is 1.86 bits per heavy atom. The number of benzene rings is 1. The number of aromatic nitrogens is 3. The van der Waals surface area contributed by atoms with Crippen molar-refractivity contribution in [2.24, 2.45) is 0 Å². The summed E-state index contributed by atoms with van der Waals surface area (Å²) in [6.45, 7) is 10.1. The Labute approximate surface area is 164 Å². The molecule has 2 aromatic heterocycles. The van der Waals surface area contributed by atoms with Crippen LogP contribution in [-0.4, -0.2) is 39.7 Å². The van der Waals surface area contributed by atoms with Crippen molar-refractivity contribution in [3.05, 3.63) is 41.6 Å². The smallest absolute Gasteiger partial charge is 0.407 e. The van der Waals surface area contributed by atoms with E-state index in [1.807, 2.05) is 65.0 Å². The number of fused-ring (bicyclic) bond motifs is 1. The first-order valence-electron chi connectivity index (χ1n) is 9.48. The van der Waals surface area contributed by atoms with Gasteiger partial charge in [0.15, 0.2) is 5.82 Å². The fourth-order valence-electron chi connectivity index (χ4n) is 2.96. The fourth-order valence-corrected chi connectivity index (χ4v) is 2.96. The summed E-state index contributed by atoms with van der Waals surface area (Å²) in [5, 5.41) is 7.16. The number of aryl methyl sites for hydroxylation is 2. The van der Waals surface area contributed by atoms with Crippen LogP contribution in [0.2, 0.25) is 0 Å². The summed E-state index contributed by atoms with van der Waals surface area (Å²) in [5.41, 5.74) is 3.91. The molecule has 0 bridgehead atoms. The zero-order valence-electron chi connectivity index (χ0n) is 17.0. The lowest BCUT2D eigenvalue weighted by Crippen LogP contribution is -2.38. The number of H-pyrrole nitrogens is 1. The van der Waals surface area contributed by atoms with E-state index in [0.717, 1.165) is 33.7 Å². The minimum Gasteiger partial charge on any atom is -0.447 e. The second-order valence-corrected chi connectivity index (χ2v) is 7.24. The number of hydrogen-bond acceptors (Lipinski definition) is 5. The van der Waals surface area contributed by atoms with Crippen LogP contribution in [0.3, 0.4) is 0 Å². The topological polar surface area (TPSA) is 91.9 Å². The van der Waals surface area contributed by atoms with Crippen LogP contribution in [0.4, 0.5) is 10.6 Å². The van der Waals surface area contributed by atoms with Gasteiger partial charge in [-0.15, -0.1) is 0 Å². The number of ether oxygens (including phenoxy) is 1. The van der Waals surface area contributed by atoms with Crippen molar-refractivity contribution in [3.63, 3.8) is 0 Å². The molecule has 0 aliphatic heterocycles. The second-order valence-electron chi connectivity index (χ2n) is 7.24. The van der Waals surface area contributed by atoms with Crippen molar-refractivity contribution in [1.29, 1.82) is 0 Å². The number of carbonyl (C=O) groups is 1. The van der Waals surface area contributed by atoms with E-state index in [0.29, 0.717) is 12.4 Å². The number of aromatic amines is 1. The first-order valence-corrected chi connectivity index (χ1v) is 9.48. The number of amides is 1. The SMILES string of the molecule is Cc1[nH]c2nc(-c3ccccc3)nc(NCC(C)NC(=O)OC(C)C)c2c1C. The van der Waals surface area contributed by atoms with E-state index >= 15 is 0 Å². The molecule has 3 aromatic rings. The normalized spacial score (nSPS) is 12.2. The molecule has 2 heterocycles. The zero-order chi connectivity index (χ0) is 20.3. The number of rotatable bonds is 6. The van der Waals surface area contributed by atoms with E-state index in [9.17, 15) is 4.79 Å². The third-order valence-corrected chi connectivity index (χ3v) is 4.47. The molecule has 3 N–H and O–H groups in total. The minimum absolute atomic E-state index is 0.128. The maximum atomic E-state index is 11.8. The van der Waals surface area contributed by atoms with Crippen molar-refractivity contribution >= 4 is 22.9 Å². The highest BCUT2D eigenvalue weighted by Gasteiger charge is 2.16. The van der Waals surface area contributed by atoms with Crippen LogP contribution in [0.1, 0.15) is 32.0 Å².